The van der Waals surface area contributed by atoms with E-state index < -0.39 is 0 Å². The highest BCUT2D eigenvalue weighted by Gasteiger charge is 2.17. The molecule has 0 atom stereocenters. The highest BCUT2D eigenvalue weighted by atomic mass is 14.9. The van der Waals surface area contributed by atoms with Crippen LogP contribution in [0.4, 0.5) is 0 Å². The van der Waals surface area contributed by atoms with Crippen LogP contribution in [-0.2, 0) is 0 Å². The van der Waals surface area contributed by atoms with E-state index in [1.807, 2.05) is 24.4 Å². The second kappa shape index (κ2) is 12.9. The van der Waals surface area contributed by atoms with Gasteiger partial charge in [-0.2, -0.15) is 0 Å². The van der Waals surface area contributed by atoms with E-state index in [0.29, 0.717) is 5.82 Å². The molecule has 0 unspecified atom stereocenters. The number of benzene rings is 7. The van der Waals surface area contributed by atoms with Gasteiger partial charge in [0.25, 0.3) is 0 Å². The Morgan fingerprint density at radius 1 is 0.340 bits per heavy atom. The minimum atomic E-state index is 0.696. The summed E-state index contributed by atoms with van der Waals surface area (Å²) in [4.78, 5) is 15.1. The van der Waals surface area contributed by atoms with Gasteiger partial charge in [-0.05, 0) is 64.2 Å². The Morgan fingerprint density at radius 3 is 1.62 bits per heavy atom. The minimum Gasteiger partial charge on any atom is -0.306 e. The normalized spacial score (nSPS) is 11.4. The second-order valence-electron chi connectivity index (χ2n) is 13.3. The molecule has 0 aliphatic carbocycles. The molecule has 0 spiro atoms. The third-order valence-corrected chi connectivity index (χ3v) is 10.0. The van der Waals surface area contributed by atoms with Gasteiger partial charge in [0, 0.05) is 27.6 Å². The van der Waals surface area contributed by atoms with E-state index in [1.54, 1.807) is 0 Å². The lowest BCUT2D eigenvalue weighted by molar-refractivity contribution is 1.18. The van der Waals surface area contributed by atoms with Crippen molar-refractivity contribution in [3.63, 3.8) is 0 Å². The molecule has 0 radical (unpaired) electrons. The number of fused-ring (bicyclic) bond motifs is 5. The van der Waals surface area contributed by atoms with Gasteiger partial charge in [-0.15, -0.1) is 0 Å². The molecule has 0 saturated heterocycles. The molecule has 4 nitrogen and oxygen atoms in total. The van der Waals surface area contributed by atoms with Crippen LogP contribution < -0.4 is 0 Å². The van der Waals surface area contributed by atoms with Crippen LogP contribution in [0.2, 0.25) is 0 Å². The molecule has 10 rings (SSSR count). The fraction of sp³-hybridized carbons (Fsp3) is 0. The van der Waals surface area contributed by atoms with Crippen LogP contribution in [0.5, 0.6) is 0 Å². The van der Waals surface area contributed by atoms with Gasteiger partial charge in [-0.1, -0.05) is 152 Å². The summed E-state index contributed by atoms with van der Waals surface area (Å²) in [5.74, 6) is 0.696. The number of aromatic nitrogens is 4. The topological polar surface area (TPSA) is 43.1 Å². The van der Waals surface area contributed by atoms with E-state index in [0.717, 1.165) is 66.9 Å². The maximum Gasteiger partial charge on any atom is 0.160 e. The van der Waals surface area contributed by atoms with Crippen LogP contribution in [0.3, 0.4) is 0 Å². The highest BCUT2D eigenvalue weighted by Crippen LogP contribution is 2.39. The number of rotatable bonds is 6. The Morgan fingerprint density at radius 2 is 0.868 bits per heavy atom. The number of hydrogen-bond acceptors (Lipinski definition) is 3. The van der Waals surface area contributed by atoms with Crippen molar-refractivity contribution in [3.05, 3.63) is 194 Å². The molecule has 0 aliphatic rings. The van der Waals surface area contributed by atoms with Gasteiger partial charge in [-0.3, -0.25) is 4.98 Å². The average Bonchev–Trinajstić information content (AvgIpc) is 3.59. The SMILES string of the molecule is c1ccc(-c2ccc(-c3nc(-c4ccccc4)cc(-c4cccc(-c5cccc(-c6c7ccccc7n7c6cnc6ccccc67)c5)c4)n3)cc2)cc1. The van der Waals surface area contributed by atoms with E-state index in [-0.39, 0.29) is 0 Å². The third-order valence-electron chi connectivity index (χ3n) is 10.0. The van der Waals surface area contributed by atoms with E-state index in [1.165, 1.54) is 22.0 Å². The first-order valence-electron chi connectivity index (χ1n) is 17.9. The average molecular weight is 677 g/mol. The molecule has 4 heteroatoms. The monoisotopic (exact) mass is 676 g/mol. The van der Waals surface area contributed by atoms with Crippen molar-refractivity contribution in [2.45, 2.75) is 0 Å². The van der Waals surface area contributed by atoms with E-state index >= 15 is 0 Å². The Labute approximate surface area is 307 Å². The van der Waals surface area contributed by atoms with Gasteiger partial charge in [0.1, 0.15) is 0 Å². The molecule has 0 fully saturated rings. The summed E-state index contributed by atoms with van der Waals surface area (Å²) in [5, 5.41) is 1.20. The second-order valence-corrected chi connectivity index (χ2v) is 13.3. The van der Waals surface area contributed by atoms with Gasteiger partial charge in [0.15, 0.2) is 5.82 Å². The number of nitrogens with zero attached hydrogens (tertiary/aromatic N) is 4. The van der Waals surface area contributed by atoms with Crippen LogP contribution >= 0.6 is 0 Å². The smallest absolute Gasteiger partial charge is 0.160 e. The first-order valence-corrected chi connectivity index (χ1v) is 17.9. The fourth-order valence-corrected chi connectivity index (χ4v) is 7.47. The highest BCUT2D eigenvalue weighted by molar-refractivity contribution is 6.08. The van der Waals surface area contributed by atoms with E-state index in [9.17, 15) is 0 Å². The van der Waals surface area contributed by atoms with Crippen LogP contribution in [0.1, 0.15) is 0 Å². The van der Waals surface area contributed by atoms with Crippen molar-refractivity contribution in [3.8, 4) is 67.3 Å². The predicted octanol–water partition coefficient (Wildman–Crippen LogP) is 12.4. The lowest BCUT2D eigenvalue weighted by atomic mass is 9.96. The Hall–Kier alpha value is -7.17. The van der Waals surface area contributed by atoms with Crippen molar-refractivity contribution in [1.82, 2.24) is 19.4 Å². The zero-order valence-electron chi connectivity index (χ0n) is 28.8. The van der Waals surface area contributed by atoms with Crippen LogP contribution in [0, 0.1) is 0 Å². The molecule has 0 N–H and O–H groups in total. The molecule has 248 valence electrons. The Kier molecular flexibility index (Phi) is 7.43. The summed E-state index contributed by atoms with van der Waals surface area (Å²) in [6.45, 7) is 0. The molecule has 3 aromatic heterocycles. The van der Waals surface area contributed by atoms with Crippen molar-refractivity contribution < 1.29 is 0 Å². The lowest BCUT2D eigenvalue weighted by Crippen LogP contribution is -1.96. The van der Waals surface area contributed by atoms with Crippen LogP contribution in [0.25, 0.3) is 94.7 Å². The molecule has 0 aliphatic heterocycles. The van der Waals surface area contributed by atoms with E-state index in [4.69, 9.17) is 15.0 Å². The maximum absolute atomic E-state index is 5.17. The maximum atomic E-state index is 5.17. The van der Waals surface area contributed by atoms with Gasteiger partial charge in [0.2, 0.25) is 0 Å². The zero-order valence-corrected chi connectivity index (χ0v) is 28.8. The third kappa shape index (κ3) is 5.54. The summed E-state index contributed by atoms with van der Waals surface area (Å²) < 4.78 is 2.34. The molecular formula is C49H32N4. The van der Waals surface area contributed by atoms with Crippen LogP contribution in [-0.4, -0.2) is 19.4 Å². The van der Waals surface area contributed by atoms with Gasteiger partial charge in [-0.25, -0.2) is 9.97 Å². The van der Waals surface area contributed by atoms with Gasteiger partial charge in [0.05, 0.1) is 39.7 Å². The molecule has 0 saturated carbocycles. The van der Waals surface area contributed by atoms with Crippen molar-refractivity contribution in [2.75, 3.05) is 0 Å². The van der Waals surface area contributed by atoms with Crippen molar-refractivity contribution in [2.24, 2.45) is 0 Å². The summed E-state index contributed by atoms with van der Waals surface area (Å²) in [6.07, 6.45) is 2.01. The largest absolute Gasteiger partial charge is 0.306 e. The van der Waals surface area contributed by atoms with Crippen molar-refractivity contribution >= 4 is 27.5 Å². The predicted molar refractivity (Wildman–Crippen MR) is 218 cm³/mol. The van der Waals surface area contributed by atoms with Crippen molar-refractivity contribution in [1.29, 1.82) is 0 Å². The molecule has 3 heterocycles. The van der Waals surface area contributed by atoms with Gasteiger partial charge >= 0.3 is 0 Å². The summed E-state index contributed by atoms with van der Waals surface area (Å²) in [6, 6.07) is 65.9. The Bertz CT molecular complexity index is 2930. The van der Waals surface area contributed by atoms with Crippen LogP contribution in [0.15, 0.2) is 194 Å². The molecule has 0 bridgehead atoms. The molecule has 10 aromatic rings. The minimum absolute atomic E-state index is 0.696. The number of para-hydroxylation sites is 3. The van der Waals surface area contributed by atoms with Gasteiger partial charge < -0.3 is 4.40 Å². The Balaban J connectivity index is 1.07. The molecule has 7 aromatic carbocycles. The molecule has 0 amide bonds. The summed E-state index contributed by atoms with van der Waals surface area (Å²) >= 11 is 0. The quantitative estimate of drug-likeness (QED) is 0.176. The van der Waals surface area contributed by atoms with E-state index in [2.05, 4.69) is 174 Å². The summed E-state index contributed by atoms with van der Waals surface area (Å²) in [7, 11) is 0. The number of hydrogen-bond donors (Lipinski definition) is 0. The zero-order chi connectivity index (χ0) is 35.1. The molecular weight excluding hydrogens is 645 g/mol. The fourth-order valence-electron chi connectivity index (χ4n) is 7.47. The lowest BCUT2D eigenvalue weighted by Gasteiger charge is -2.12. The molecule has 53 heavy (non-hydrogen) atoms. The first kappa shape index (κ1) is 30.6. The standard InChI is InChI=1S/C49H32N4/c1-3-13-33(14-4-1)34-25-27-36(28-26-34)49-51-43(35-15-5-2-6-16-35)31-44(52-49)39-19-11-17-37(29-39)38-18-12-20-40(30-38)48-41-21-7-9-23-45(41)53-46-24-10-8-22-42(46)50-32-47(48)53/h1-32H. The summed E-state index contributed by atoms with van der Waals surface area (Å²) in [5.41, 5.74) is 16.1. The first-order chi connectivity index (χ1) is 26.3.